The first-order valence-electron chi connectivity index (χ1n) is 11.4. The van der Waals surface area contributed by atoms with Crippen molar-refractivity contribution in [1.82, 2.24) is 25.5 Å². The minimum atomic E-state index is -1.19. The molecule has 0 bridgehead atoms. The third-order valence-corrected chi connectivity index (χ3v) is 6.23. The van der Waals surface area contributed by atoms with Crippen LogP contribution in [0.25, 0.3) is 0 Å². The molecule has 1 aliphatic heterocycles. The monoisotopic (exact) mass is 464 g/mol. The Balaban J connectivity index is 2.12. The van der Waals surface area contributed by atoms with Crippen molar-refractivity contribution >= 4 is 23.7 Å². The molecule has 1 aromatic rings. The number of imidazole rings is 1. The molecule has 0 radical (unpaired) electrons. The van der Waals surface area contributed by atoms with Crippen LogP contribution in [0, 0.1) is 11.8 Å². The molecule has 184 valence electrons. The summed E-state index contributed by atoms with van der Waals surface area (Å²) in [6.45, 7) is 7.81. The zero-order valence-electron chi connectivity index (χ0n) is 19.7. The summed E-state index contributed by atoms with van der Waals surface area (Å²) in [4.78, 5) is 58.8. The van der Waals surface area contributed by atoms with Gasteiger partial charge in [-0.15, -0.1) is 0 Å². The average Bonchev–Trinajstić information content (AvgIpc) is 3.47. The number of aromatic nitrogens is 2. The molecule has 0 spiro atoms. The number of nitrogens with one attached hydrogen (secondary N) is 3. The fourth-order valence-electron chi connectivity index (χ4n) is 3.81. The fourth-order valence-corrected chi connectivity index (χ4v) is 3.81. The van der Waals surface area contributed by atoms with Gasteiger partial charge in [0.2, 0.25) is 17.7 Å². The summed E-state index contributed by atoms with van der Waals surface area (Å²) in [7, 11) is 0. The van der Waals surface area contributed by atoms with Crippen molar-refractivity contribution in [3.05, 3.63) is 18.2 Å². The van der Waals surface area contributed by atoms with Gasteiger partial charge in [-0.05, 0) is 24.7 Å². The summed E-state index contributed by atoms with van der Waals surface area (Å²) in [5.41, 5.74) is 6.57. The zero-order valence-corrected chi connectivity index (χ0v) is 19.7. The van der Waals surface area contributed by atoms with E-state index in [1.807, 2.05) is 20.8 Å². The van der Waals surface area contributed by atoms with Gasteiger partial charge in [-0.2, -0.15) is 0 Å². The maximum absolute atomic E-state index is 13.1. The molecule has 6 N–H and O–H groups in total. The van der Waals surface area contributed by atoms with Crippen molar-refractivity contribution in [2.45, 2.75) is 77.5 Å². The molecule has 11 heteroatoms. The highest BCUT2D eigenvalue weighted by molar-refractivity contribution is 5.94. The number of hydrogen-bond donors (Lipinski definition) is 5. The van der Waals surface area contributed by atoms with E-state index in [4.69, 9.17) is 5.73 Å². The minimum absolute atomic E-state index is 0.0280. The molecule has 1 saturated heterocycles. The number of hydrogen-bond acceptors (Lipinski definition) is 6. The van der Waals surface area contributed by atoms with Crippen molar-refractivity contribution in [3.63, 3.8) is 0 Å². The Kier molecular flexibility index (Phi) is 9.39. The quantitative estimate of drug-likeness (QED) is 0.307. The van der Waals surface area contributed by atoms with Crippen molar-refractivity contribution < 1.29 is 24.3 Å². The number of carboxylic acids is 1. The third kappa shape index (κ3) is 6.77. The van der Waals surface area contributed by atoms with Crippen molar-refractivity contribution in [1.29, 1.82) is 0 Å². The molecule has 2 rings (SSSR count). The van der Waals surface area contributed by atoms with Gasteiger partial charge in [0, 0.05) is 24.9 Å². The zero-order chi connectivity index (χ0) is 24.7. The normalized spacial score (nSPS) is 19.6. The molecule has 3 amide bonds. The molecular formula is C22H36N6O5. The Morgan fingerprint density at radius 2 is 1.97 bits per heavy atom. The van der Waals surface area contributed by atoms with Crippen LogP contribution in [0.3, 0.4) is 0 Å². The summed E-state index contributed by atoms with van der Waals surface area (Å²) >= 11 is 0. The van der Waals surface area contributed by atoms with E-state index in [0.717, 1.165) is 0 Å². The van der Waals surface area contributed by atoms with Crippen LogP contribution in [0.15, 0.2) is 12.5 Å². The maximum Gasteiger partial charge on any atom is 0.326 e. The second-order valence-electron chi connectivity index (χ2n) is 9.01. The highest BCUT2D eigenvalue weighted by atomic mass is 16.4. The van der Waals surface area contributed by atoms with Gasteiger partial charge < -0.3 is 31.4 Å². The van der Waals surface area contributed by atoms with Crippen LogP contribution in [0.2, 0.25) is 0 Å². The fraction of sp³-hybridized carbons (Fsp3) is 0.682. The molecule has 1 aliphatic rings. The van der Waals surface area contributed by atoms with Crippen LogP contribution in [0.5, 0.6) is 0 Å². The predicted molar refractivity (Wildman–Crippen MR) is 121 cm³/mol. The van der Waals surface area contributed by atoms with E-state index in [9.17, 15) is 24.3 Å². The Bertz CT molecular complexity index is 827. The topological polar surface area (TPSA) is 171 Å². The van der Waals surface area contributed by atoms with Crippen LogP contribution in [-0.4, -0.2) is 74.4 Å². The standard InChI is InChI=1S/C22H36N6O5/c1-5-13(4)18(20(30)26-15(22(32)33)9-14-10-24-11-25-14)27-19(29)16-7-6-8-28(16)21(31)17(23)12(2)3/h10-13,15-18H,5-9,23H2,1-4H3,(H,24,25)(H,26,30)(H,27,29)(H,32,33). The van der Waals surface area contributed by atoms with E-state index in [1.165, 1.54) is 17.4 Å². The van der Waals surface area contributed by atoms with Gasteiger partial charge >= 0.3 is 5.97 Å². The van der Waals surface area contributed by atoms with Crippen LogP contribution in [-0.2, 0) is 25.6 Å². The molecule has 33 heavy (non-hydrogen) atoms. The van der Waals surface area contributed by atoms with Gasteiger partial charge in [0.1, 0.15) is 18.1 Å². The number of carbonyl (C=O) groups excluding carboxylic acids is 3. The van der Waals surface area contributed by atoms with E-state index in [-0.39, 0.29) is 24.2 Å². The van der Waals surface area contributed by atoms with Gasteiger partial charge in [-0.1, -0.05) is 34.1 Å². The van der Waals surface area contributed by atoms with Gasteiger partial charge in [0.05, 0.1) is 12.4 Å². The molecular weight excluding hydrogens is 428 g/mol. The lowest BCUT2D eigenvalue weighted by Gasteiger charge is -2.31. The van der Waals surface area contributed by atoms with Crippen LogP contribution >= 0.6 is 0 Å². The second-order valence-corrected chi connectivity index (χ2v) is 9.01. The first kappa shape index (κ1) is 26.3. The molecule has 5 atom stereocenters. The van der Waals surface area contributed by atoms with Gasteiger partial charge in [0.15, 0.2) is 0 Å². The van der Waals surface area contributed by atoms with Gasteiger partial charge in [0.25, 0.3) is 0 Å². The Hall–Kier alpha value is -2.95. The summed E-state index contributed by atoms with van der Waals surface area (Å²) in [5.74, 6) is -2.81. The lowest BCUT2D eigenvalue weighted by molar-refractivity contribution is -0.143. The second kappa shape index (κ2) is 11.8. The highest BCUT2D eigenvalue weighted by Gasteiger charge is 2.39. The number of nitrogens with zero attached hydrogens (tertiary/aromatic N) is 2. The average molecular weight is 465 g/mol. The molecule has 2 heterocycles. The molecule has 0 saturated carbocycles. The molecule has 11 nitrogen and oxygen atoms in total. The van der Waals surface area contributed by atoms with Gasteiger partial charge in [-0.25, -0.2) is 9.78 Å². The number of nitrogens with two attached hydrogens (primary N) is 1. The minimum Gasteiger partial charge on any atom is -0.480 e. The van der Waals surface area contributed by atoms with E-state index in [0.29, 0.717) is 31.5 Å². The highest BCUT2D eigenvalue weighted by Crippen LogP contribution is 2.21. The number of H-pyrrole nitrogens is 1. The molecule has 1 fully saturated rings. The number of rotatable bonds is 11. The smallest absolute Gasteiger partial charge is 0.326 e. The SMILES string of the molecule is CCC(C)C(NC(=O)C1CCCN1C(=O)C(N)C(C)C)C(=O)NC(Cc1cnc[nH]1)C(=O)O. The van der Waals surface area contributed by atoms with E-state index in [1.54, 1.807) is 6.92 Å². The van der Waals surface area contributed by atoms with Crippen molar-refractivity contribution in [3.8, 4) is 0 Å². The van der Waals surface area contributed by atoms with E-state index < -0.39 is 42.0 Å². The van der Waals surface area contributed by atoms with Crippen LogP contribution < -0.4 is 16.4 Å². The lowest BCUT2D eigenvalue weighted by Crippen LogP contribution is -2.58. The Labute approximate surface area is 193 Å². The molecule has 5 unspecified atom stereocenters. The number of aliphatic carboxylic acids is 1. The number of aromatic amines is 1. The number of carbonyl (C=O) groups is 4. The summed E-state index contributed by atoms with van der Waals surface area (Å²) in [5, 5.41) is 14.9. The largest absolute Gasteiger partial charge is 0.480 e. The molecule has 1 aromatic heterocycles. The molecule has 0 aliphatic carbocycles. The van der Waals surface area contributed by atoms with Crippen LogP contribution in [0.1, 0.15) is 52.7 Å². The predicted octanol–water partition coefficient (Wildman–Crippen LogP) is 0.0268. The number of likely N-dealkylation sites (tertiary alicyclic amines) is 1. The summed E-state index contributed by atoms with van der Waals surface area (Å²) in [6.07, 6.45) is 4.68. The Morgan fingerprint density at radius 3 is 2.52 bits per heavy atom. The van der Waals surface area contributed by atoms with Gasteiger partial charge in [-0.3, -0.25) is 14.4 Å². The first-order chi connectivity index (χ1) is 15.6. The third-order valence-electron chi connectivity index (χ3n) is 6.23. The molecule has 0 aromatic carbocycles. The summed E-state index contributed by atoms with van der Waals surface area (Å²) < 4.78 is 0. The van der Waals surface area contributed by atoms with Crippen molar-refractivity contribution in [2.75, 3.05) is 6.54 Å². The maximum atomic E-state index is 13.1. The summed E-state index contributed by atoms with van der Waals surface area (Å²) in [6, 6.07) is -3.54. The lowest BCUT2D eigenvalue weighted by atomic mass is 9.97. The van der Waals surface area contributed by atoms with Crippen LogP contribution in [0.4, 0.5) is 0 Å². The van der Waals surface area contributed by atoms with Crippen molar-refractivity contribution in [2.24, 2.45) is 17.6 Å². The number of amides is 3. The Morgan fingerprint density at radius 1 is 1.27 bits per heavy atom. The van der Waals surface area contributed by atoms with E-state index in [2.05, 4.69) is 20.6 Å². The first-order valence-corrected chi connectivity index (χ1v) is 11.4. The number of carboxylic acid groups (broad SMARTS) is 1. The van der Waals surface area contributed by atoms with E-state index >= 15 is 0 Å².